The predicted octanol–water partition coefficient (Wildman–Crippen LogP) is 4.97. The van der Waals surface area contributed by atoms with Crippen molar-refractivity contribution in [3.63, 3.8) is 0 Å². The number of aromatic hydroxyl groups is 2. The molecule has 2 unspecified atom stereocenters. The number of aryl methyl sites for hydroxylation is 1. The van der Waals surface area contributed by atoms with Gasteiger partial charge in [0, 0.05) is 41.4 Å². The van der Waals surface area contributed by atoms with Crippen molar-refractivity contribution in [3.05, 3.63) is 80.9 Å². The van der Waals surface area contributed by atoms with Crippen LogP contribution in [0.3, 0.4) is 0 Å². The van der Waals surface area contributed by atoms with E-state index in [4.69, 9.17) is 14.2 Å². The topological polar surface area (TPSA) is 107 Å². The number of hydrogen-bond acceptors (Lipinski definition) is 9. The zero-order chi connectivity index (χ0) is 33.4. The molecule has 5 atom stereocenters. The molecule has 7 rings (SSSR count). The molecular formula is C35H38F3N3O6. The molecule has 0 amide bonds. The quantitative estimate of drug-likeness (QED) is 0.275. The summed E-state index contributed by atoms with van der Waals surface area (Å²) in [5.74, 6) is 1.62. The first-order chi connectivity index (χ1) is 22.4. The number of aliphatic hydroxyl groups excluding tert-OH is 1. The van der Waals surface area contributed by atoms with Gasteiger partial charge in [-0.15, -0.1) is 0 Å². The van der Waals surface area contributed by atoms with Gasteiger partial charge in [0.25, 0.3) is 0 Å². The molecule has 4 heterocycles. The summed E-state index contributed by atoms with van der Waals surface area (Å²) in [6, 6.07) is 5.72. The van der Waals surface area contributed by atoms with E-state index in [1.54, 1.807) is 25.1 Å². The number of aliphatic hydroxyl groups is 1. The van der Waals surface area contributed by atoms with Gasteiger partial charge in [0.15, 0.2) is 23.0 Å². The lowest BCUT2D eigenvalue weighted by Crippen LogP contribution is -2.69. The first-order valence-corrected chi connectivity index (χ1v) is 15.7. The minimum absolute atomic E-state index is 0.00626. The smallest absolute Gasteiger partial charge is 0.416 e. The standard InChI is InChI=1S/C35H38F3N3O6/c1-17-11-20-13-24-34(44)41-23(28(40(24)3)26(20)30(43)31(17)45-4)14-22-27(33-32(46-16-47-33)18(2)29(22)42)25(41)15-39-10-6-8-19-7-5-9-21(12-19)35(36,37)38/h5-9,11-12,23-25,28,34,39,42-44H,10,13-16H2,1-4H3/b8-6+/t23?,24-,25-,28-,34?/m0/s1. The van der Waals surface area contributed by atoms with Crippen molar-refractivity contribution in [1.82, 2.24) is 15.1 Å². The molecule has 1 saturated heterocycles. The Morgan fingerprint density at radius 1 is 1.04 bits per heavy atom. The Hall–Kier alpha value is -3.97. The van der Waals surface area contributed by atoms with Crippen LogP contribution in [0.4, 0.5) is 13.2 Å². The third kappa shape index (κ3) is 5.00. The Bertz CT molecular complexity index is 1760. The summed E-state index contributed by atoms with van der Waals surface area (Å²) >= 11 is 0. The van der Waals surface area contributed by atoms with Crippen molar-refractivity contribution >= 4 is 6.08 Å². The van der Waals surface area contributed by atoms with Crippen LogP contribution in [0.25, 0.3) is 6.08 Å². The Morgan fingerprint density at radius 2 is 1.81 bits per heavy atom. The monoisotopic (exact) mass is 653 g/mol. The number of hydrogen-bond donors (Lipinski definition) is 4. The second-order valence-electron chi connectivity index (χ2n) is 12.8. The van der Waals surface area contributed by atoms with Crippen molar-refractivity contribution in [2.75, 3.05) is 34.0 Å². The highest BCUT2D eigenvalue weighted by Gasteiger charge is 2.56. The highest BCUT2D eigenvalue weighted by Crippen LogP contribution is 2.57. The second kappa shape index (κ2) is 11.6. The molecule has 9 nitrogen and oxygen atoms in total. The van der Waals surface area contributed by atoms with Crippen molar-refractivity contribution in [2.24, 2.45) is 0 Å². The molecule has 0 radical (unpaired) electrons. The van der Waals surface area contributed by atoms with Gasteiger partial charge < -0.3 is 34.8 Å². The number of benzene rings is 3. The number of alkyl halides is 3. The Balaban J connectivity index is 1.26. The largest absolute Gasteiger partial charge is 0.507 e. The number of nitrogens with zero attached hydrogens (tertiary/aromatic N) is 2. The molecule has 12 heteroatoms. The van der Waals surface area contributed by atoms with Crippen LogP contribution in [-0.4, -0.2) is 77.5 Å². The van der Waals surface area contributed by atoms with Crippen LogP contribution in [-0.2, 0) is 19.0 Å². The van der Waals surface area contributed by atoms with Gasteiger partial charge in [0.2, 0.25) is 6.79 Å². The van der Waals surface area contributed by atoms with Gasteiger partial charge in [-0.05, 0) is 62.6 Å². The van der Waals surface area contributed by atoms with E-state index in [-0.39, 0.29) is 36.4 Å². The van der Waals surface area contributed by atoms with E-state index in [1.807, 2.05) is 20.0 Å². The molecule has 47 heavy (non-hydrogen) atoms. The molecule has 2 bridgehead atoms. The summed E-state index contributed by atoms with van der Waals surface area (Å²) in [6.45, 7) is 4.34. The van der Waals surface area contributed by atoms with Gasteiger partial charge >= 0.3 is 6.18 Å². The number of phenolic OH excluding ortho intramolecular Hbond substituents is 2. The third-order valence-corrected chi connectivity index (χ3v) is 10.2. The molecule has 0 aromatic heterocycles. The summed E-state index contributed by atoms with van der Waals surface area (Å²) in [4.78, 5) is 4.18. The van der Waals surface area contributed by atoms with Crippen LogP contribution >= 0.6 is 0 Å². The SMILES string of the molecule is COc1c(C)cc2c(c1O)[C@@H]1C3Cc4c(O)c(C)c5c(c4[C@H](CNC/C=C/c4cccc(C(F)(F)F)c4)N3C(O)[C@H](C2)N1C)OCO5. The lowest BCUT2D eigenvalue weighted by molar-refractivity contribution is -0.171. The molecule has 0 saturated carbocycles. The predicted molar refractivity (Wildman–Crippen MR) is 168 cm³/mol. The summed E-state index contributed by atoms with van der Waals surface area (Å²) in [7, 11) is 3.49. The maximum Gasteiger partial charge on any atom is 0.416 e. The van der Waals surface area contributed by atoms with Gasteiger partial charge in [0.1, 0.15) is 12.0 Å². The average molecular weight is 654 g/mol. The highest BCUT2D eigenvalue weighted by molar-refractivity contribution is 5.66. The molecule has 0 spiro atoms. The van der Waals surface area contributed by atoms with E-state index in [9.17, 15) is 28.5 Å². The molecule has 3 aromatic rings. The number of phenols is 2. The van der Waals surface area contributed by atoms with Crippen LogP contribution < -0.4 is 19.5 Å². The maximum absolute atomic E-state index is 13.2. The van der Waals surface area contributed by atoms with Crippen LogP contribution in [0.2, 0.25) is 0 Å². The Kier molecular flexibility index (Phi) is 7.82. The number of ether oxygens (including phenoxy) is 3. The number of halogens is 3. The molecule has 1 fully saturated rings. The number of piperazine rings is 1. The number of fused-ring (bicyclic) bond motifs is 9. The van der Waals surface area contributed by atoms with Crippen LogP contribution in [0.5, 0.6) is 28.7 Å². The molecule has 3 aromatic carbocycles. The summed E-state index contributed by atoms with van der Waals surface area (Å²) < 4.78 is 57.0. The molecule has 4 N–H and O–H groups in total. The Morgan fingerprint density at radius 3 is 2.55 bits per heavy atom. The maximum atomic E-state index is 13.2. The van der Waals surface area contributed by atoms with Gasteiger partial charge in [-0.1, -0.05) is 30.4 Å². The number of methoxy groups -OCH3 is 1. The highest BCUT2D eigenvalue weighted by atomic mass is 19.4. The van der Waals surface area contributed by atoms with Gasteiger partial charge in [-0.2, -0.15) is 13.2 Å². The average Bonchev–Trinajstić information content (AvgIpc) is 3.52. The van der Waals surface area contributed by atoms with Crippen molar-refractivity contribution in [3.8, 4) is 28.7 Å². The van der Waals surface area contributed by atoms with E-state index in [1.165, 1.54) is 13.2 Å². The molecule has 4 aliphatic heterocycles. The fourth-order valence-corrected chi connectivity index (χ4v) is 8.17. The fourth-order valence-electron chi connectivity index (χ4n) is 8.17. The van der Waals surface area contributed by atoms with E-state index < -0.39 is 24.0 Å². The molecule has 0 aliphatic carbocycles. The van der Waals surface area contributed by atoms with Gasteiger partial charge in [-0.25, -0.2) is 0 Å². The first-order valence-electron chi connectivity index (χ1n) is 15.7. The fraction of sp³-hybridized carbons (Fsp3) is 0.429. The van der Waals surface area contributed by atoms with Crippen LogP contribution in [0.15, 0.2) is 36.4 Å². The minimum Gasteiger partial charge on any atom is -0.507 e. The van der Waals surface area contributed by atoms with Crippen LogP contribution in [0.1, 0.15) is 56.6 Å². The molecule has 250 valence electrons. The van der Waals surface area contributed by atoms with Gasteiger partial charge in [0.05, 0.1) is 30.8 Å². The second-order valence-corrected chi connectivity index (χ2v) is 12.8. The lowest BCUT2D eigenvalue weighted by atomic mass is 9.73. The zero-order valence-corrected chi connectivity index (χ0v) is 26.6. The van der Waals surface area contributed by atoms with Crippen molar-refractivity contribution in [1.29, 1.82) is 0 Å². The van der Waals surface area contributed by atoms with E-state index >= 15 is 0 Å². The number of likely N-dealkylation sites (N-methyl/N-ethyl adjacent to an activating group) is 1. The summed E-state index contributed by atoms with van der Waals surface area (Å²) in [5, 5.41) is 38.6. The lowest BCUT2D eigenvalue weighted by Gasteiger charge is -2.60. The van der Waals surface area contributed by atoms with E-state index in [2.05, 4.69) is 15.1 Å². The Labute approximate surface area is 270 Å². The van der Waals surface area contributed by atoms with Crippen molar-refractivity contribution in [2.45, 2.75) is 63.3 Å². The van der Waals surface area contributed by atoms with E-state index in [0.717, 1.165) is 34.4 Å². The third-order valence-electron chi connectivity index (χ3n) is 10.2. The summed E-state index contributed by atoms with van der Waals surface area (Å²) in [6.07, 6.45) is -1.06. The van der Waals surface area contributed by atoms with Crippen molar-refractivity contribution < 1.29 is 42.7 Å². The first kappa shape index (κ1) is 31.6. The number of rotatable bonds is 6. The van der Waals surface area contributed by atoms with E-state index in [0.29, 0.717) is 59.9 Å². The summed E-state index contributed by atoms with van der Waals surface area (Å²) in [5.41, 5.74) is 4.25. The normalized spacial score (nSPS) is 25.1. The number of nitrogens with one attached hydrogen (secondary N) is 1. The zero-order valence-electron chi connectivity index (χ0n) is 26.6. The molecule has 4 aliphatic rings. The van der Waals surface area contributed by atoms with Gasteiger partial charge in [-0.3, -0.25) is 9.80 Å². The molecular weight excluding hydrogens is 615 g/mol. The van der Waals surface area contributed by atoms with Crippen LogP contribution in [0, 0.1) is 13.8 Å². The minimum atomic E-state index is -4.42.